The predicted molar refractivity (Wildman–Crippen MR) is 51.5 cm³/mol. The quantitative estimate of drug-likeness (QED) is 0.761. The SMILES string of the molecule is CN(C)Nc1ccccc1Br. The maximum Gasteiger partial charge on any atom is 0.0631 e. The summed E-state index contributed by atoms with van der Waals surface area (Å²) in [6, 6.07) is 8.01. The molecule has 0 aliphatic carbocycles. The van der Waals surface area contributed by atoms with Gasteiger partial charge in [0.05, 0.1) is 5.69 Å². The fourth-order valence-electron chi connectivity index (χ4n) is 0.793. The molecule has 0 atom stereocenters. The summed E-state index contributed by atoms with van der Waals surface area (Å²) in [7, 11) is 3.92. The van der Waals surface area contributed by atoms with Crippen LogP contribution in [0.4, 0.5) is 5.69 Å². The number of hydrogen-bond acceptors (Lipinski definition) is 2. The summed E-state index contributed by atoms with van der Waals surface area (Å²) in [6.07, 6.45) is 0. The summed E-state index contributed by atoms with van der Waals surface area (Å²) >= 11 is 3.44. The van der Waals surface area contributed by atoms with Crippen molar-refractivity contribution in [2.75, 3.05) is 19.5 Å². The zero-order valence-corrected chi connectivity index (χ0v) is 8.22. The molecule has 1 aromatic rings. The van der Waals surface area contributed by atoms with E-state index in [4.69, 9.17) is 0 Å². The second kappa shape index (κ2) is 3.74. The average molecular weight is 215 g/mol. The van der Waals surface area contributed by atoms with E-state index in [9.17, 15) is 0 Å². The molecule has 0 radical (unpaired) electrons. The van der Waals surface area contributed by atoms with Gasteiger partial charge < -0.3 is 5.43 Å². The second-order valence-electron chi connectivity index (χ2n) is 2.49. The minimum absolute atomic E-state index is 1.08. The zero-order chi connectivity index (χ0) is 8.27. The van der Waals surface area contributed by atoms with Gasteiger partial charge in [0, 0.05) is 18.6 Å². The van der Waals surface area contributed by atoms with Crippen LogP contribution in [0.25, 0.3) is 0 Å². The first kappa shape index (κ1) is 8.56. The molecule has 0 saturated heterocycles. The highest BCUT2D eigenvalue weighted by molar-refractivity contribution is 9.10. The molecule has 0 aliphatic heterocycles. The fraction of sp³-hybridized carbons (Fsp3) is 0.250. The molecule has 1 aromatic carbocycles. The lowest BCUT2D eigenvalue weighted by Gasteiger charge is -2.14. The lowest BCUT2D eigenvalue weighted by atomic mass is 10.3. The molecule has 0 bridgehead atoms. The van der Waals surface area contributed by atoms with E-state index >= 15 is 0 Å². The van der Waals surface area contributed by atoms with Crippen molar-refractivity contribution in [2.45, 2.75) is 0 Å². The van der Waals surface area contributed by atoms with Crippen molar-refractivity contribution >= 4 is 21.6 Å². The first-order chi connectivity index (χ1) is 5.20. The molecule has 0 fully saturated rings. The fourth-order valence-corrected chi connectivity index (χ4v) is 1.17. The van der Waals surface area contributed by atoms with Gasteiger partial charge >= 0.3 is 0 Å². The normalized spacial score (nSPS) is 10.2. The van der Waals surface area contributed by atoms with E-state index in [1.165, 1.54) is 0 Å². The van der Waals surface area contributed by atoms with Crippen molar-refractivity contribution in [3.05, 3.63) is 28.7 Å². The number of para-hydroxylation sites is 1. The second-order valence-corrected chi connectivity index (χ2v) is 3.34. The van der Waals surface area contributed by atoms with E-state index in [1.54, 1.807) is 0 Å². The van der Waals surface area contributed by atoms with Gasteiger partial charge in [-0.1, -0.05) is 12.1 Å². The minimum Gasteiger partial charge on any atom is -0.318 e. The highest BCUT2D eigenvalue weighted by Gasteiger charge is 1.96. The Morgan fingerprint density at radius 2 is 1.91 bits per heavy atom. The van der Waals surface area contributed by atoms with Crippen LogP contribution in [-0.4, -0.2) is 19.1 Å². The van der Waals surface area contributed by atoms with Crippen molar-refractivity contribution in [1.82, 2.24) is 5.01 Å². The summed E-state index contributed by atoms with van der Waals surface area (Å²) in [5.74, 6) is 0. The topological polar surface area (TPSA) is 15.3 Å². The van der Waals surface area contributed by atoms with Gasteiger partial charge in [0.2, 0.25) is 0 Å². The zero-order valence-electron chi connectivity index (χ0n) is 6.63. The maximum absolute atomic E-state index is 3.44. The van der Waals surface area contributed by atoms with Crippen molar-refractivity contribution in [2.24, 2.45) is 0 Å². The molecule has 0 amide bonds. The summed E-state index contributed by atoms with van der Waals surface area (Å²) in [5, 5.41) is 1.90. The third-order valence-corrected chi connectivity index (χ3v) is 1.91. The molecule has 0 heterocycles. The monoisotopic (exact) mass is 214 g/mol. The Kier molecular flexibility index (Phi) is 2.91. The van der Waals surface area contributed by atoms with Gasteiger partial charge in [-0.3, -0.25) is 0 Å². The van der Waals surface area contributed by atoms with Crippen LogP contribution in [0.2, 0.25) is 0 Å². The summed E-state index contributed by atoms with van der Waals surface area (Å²) in [6.45, 7) is 0. The first-order valence-electron chi connectivity index (χ1n) is 3.38. The smallest absolute Gasteiger partial charge is 0.0631 e. The van der Waals surface area contributed by atoms with Gasteiger partial charge in [-0.05, 0) is 28.1 Å². The average Bonchev–Trinajstić information content (AvgIpc) is 1.93. The number of hydrogen-bond donors (Lipinski definition) is 1. The maximum atomic E-state index is 3.44. The standard InChI is InChI=1S/C8H11BrN2/c1-11(2)10-8-6-4-3-5-7(8)9/h3-6,10H,1-2H3. The van der Waals surface area contributed by atoms with Crippen LogP contribution in [0, 0.1) is 0 Å². The lowest BCUT2D eigenvalue weighted by molar-refractivity contribution is 0.495. The van der Waals surface area contributed by atoms with Gasteiger partial charge in [-0.2, -0.15) is 0 Å². The molecule has 1 N–H and O–H groups in total. The highest BCUT2D eigenvalue weighted by atomic mass is 79.9. The highest BCUT2D eigenvalue weighted by Crippen LogP contribution is 2.20. The molecule has 60 valence electrons. The van der Waals surface area contributed by atoms with Crippen molar-refractivity contribution in [3.8, 4) is 0 Å². The number of halogens is 1. The Morgan fingerprint density at radius 3 is 2.45 bits per heavy atom. The molecular formula is C8H11BrN2. The van der Waals surface area contributed by atoms with Crippen LogP contribution in [0.3, 0.4) is 0 Å². The Morgan fingerprint density at radius 1 is 1.27 bits per heavy atom. The molecule has 0 aliphatic rings. The molecule has 0 aromatic heterocycles. The van der Waals surface area contributed by atoms with E-state index in [0.717, 1.165) is 10.2 Å². The van der Waals surface area contributed by atoms with Crippen LogP contribution in [0.1, 0.15) is 0 Å². The van der Waals surface area contributed by atoms with Crippen molar-refractivity contribution in [3.63, 3.8) is 0 Å². The molecule has 3 heteroatoms. The van der Waals surface area contributed by atoms with E-state index in [-0.39, 0.29) is 0 Å². The van der Waals surface area contributed by atoms with Gasteiger partial charge in [0.1, 0.15) is 0 Å². The van der Waals surface area contributed by atoms with E-state index in [0.29, 0.717) is 0 Å². The number of nitrogens with zero attached hydrogens (tertiary/aromatic N) is 1. The van der Waals surface area contributed by atoms with Crippen LogP contribution >= 0.6 is 15.9 Å². The molecule has 1 rings (SSSR count). The van der Waals surface area contributed by atoms with Gasteiger partial charge in [0.15, 0.2) is 0 Å². The summed E-state index contributed by atoms with van der Waals surface area (Å²) < 4.78 is 1.08. The number of rotatable bonds is 2. The van der Waals surface area contributed by atoms with Crippen LogP contribution in [0.5, 0.6) is 0 Å². The third kappa shape index (κ3) is 2.52. The molecule has 0 spiro atoms. The number of nitrogens with one attached hydrogen (secondary N) is 1. The van der Waals surface area contributed by atoms with Gasteiger partial charge in [0.25, 0.3) is 0 Å². The molecule has 11 heavy (non-hydrogen) atoms. The number of hydrazine groups is 1. The van der Waals surface area contributed by atoms with Gasteiger partial charge in [-0.25, -0.2) is 5.01 Å². The van der Waals surface area contributed by atoms with Crippen LogP contribution in [0.15, 0.2) is 28.7 Å². The largest absolute Gasteiger partial charge is 0.318 e. The number of anilines is 1. The molecule has 0 unspecified atom stereocenters. The minimum atomic E-state index is 1.08. The molecule has 0 saturated carbocycles. The molecule has 2 nitrogen and oxygen atoms in total. The van der Waals surface area contributed by atoms with Crippen LogP contribution < -0.4 is 5.43 Å². The van der Waals surface area contributed by atoms with Crippen molar-refractivity contribution < 1.29 is 0 Å². The van der Waals surface area contributed by atoms with Gasteiger partial charge in [-0.15, -0.1) is 0 Å². The van der Waals surface area contributed by atoms with E-state index < -0.39 is 0 Å². The summed E-state index contributed by atoms with van der Waals surface area (Å²) in [5.41, 5.74) is 4.24. The Labute approximate surface area is 75.3 Å². The molecular weight excluding hydrogens is 204 g/mol. The van der Waals surface area contributed by atoms with E-state index in [2.05, 4.69) is 21.4 Å². The summed E-state index contributed by atoms with van der Waals surface area (Å²) in [4.78, 5) is 0. The van der Waals surface area contributed by atoms with Crippen LogP contribution in [-0.2, 0) is 0 Å². The Bertz CT molecular complexity index is 235. The Balaban J connectivity index is 2.78. The van der Waals surface area contributed by atoms with E-state index in [1.807, 2.05) is 43.4 Å². The third-order valence-electron chi connectivity index (χ3n) is 1.22. The predicted octanol–water partition coefficient (Wildman–Crippen LogP) is 2.34. The first-order valence-corrected chi connectivity index (χ1v) is 4.18. The lowest BCUT2D eigenvalue weighted by Crippen LogP contribution is -2.19. The van der Waals surface area contributed by atoms with Crippen molar-refractivity contribution in [1.29, 1.82) is 0 Å². The Hall–Kier alpha value is -0.540. The number of benzene rings is 1.